The fourth-order valence-corrected chi connectivity index (χ4v) is 3.83. The summed E-state index contributed by atoms with van der Waals surface area (Å²) < 4.78 is 49.5. The molecule has 0 amide bonds. The van der Waals surface area contributed by atoms with Crippen molar-refractivity contribution >= 4 is 29.4 Å². The predicted octanol–water partition coefficient (Wildman–Crippen LogP) is 6.44. The van der Waals surface area contributed by atoms with E-state index in [1.165, 1.54) is 17.7 Å². The van der Waals surface area contributed by atoms with Crippen LogP contribution in [0.1, 0.15) is 23.6 Å². The van der Waals surface area contributed by atoms with Crippen molar-refractivity contribution in [2.75, 3.05) is 13.2 Å². The lowest BCUT2D eigenvalue weighted by atomic mass is 10.1. The summed E-state index contributed by atoms with van der Waals surface area (Å²) in [5.41, 5.74) is 2.03. The van der Waals surface area contributed by atoms with Crippen LogP contribution in [0.15, 0.2) is 54.1 Å². The quantitative estimate of drug-likeness (QED) is 0.546. The Morgan fingerprint density at radius 1 is 1.07 bits per heavy atom. The molecule has 2 nitrogen and oxygen atoms in total. The van der Waals surface area contributed by atoms with Crippen LogP contribution >= 0.6 is 23.4 Å². The molecule has 0 unspecified atom stereocenters. The summed E-state index contributed by atoms with van der Waals surface area (Å²) in [6, 6.07) is 12.8. The Balaban J connectivity index is 1.49. The minimum absolute atomic E-state index is 0.228. The molecule has 1 saturated heterocycles. The Kier molecular flexibility index (Phi) is 7.10. The Morgan fingerprint density at radius 2 is 1.68 bits per heavy atom. The van der Waals surface area contributed by atoms with E-state index in [1.807, 2.05) is 31.2 Å². The molecule has 3 rings (SSSR count). The molecule has 0 aromatic heterocycles. The highest BCUT2D eigenvalue weighted by Gasteiger charge is 2.30. The highest BCUT2D eigenvalue weighted by Crippen LogP contribution is 2.30. The van der Waals surface area contributed by atoms with Gasteiger partial charge in [-0.25, -0.2) is 0 Å². The molecular formula is C21H20ClF3O2S. The maximum atomic E-state index is 12.6. The molecular weight excluding hydrogens is 409 g/mol. The summed E-state index contributed by atoms with van der Waals surface area (Å²) in [7, 11) is 0. The Hall–Kier alpha value is -1.47. The lowest BCUT2D eigenvalue weighted by Gasteiger charge is -2.29. The molecule has 0 radical (unpaired) electrons. The van der Waals surface area contributed by atoms with Gasteiger partial charge in [0, 0.05) is 10.8 Å². The van der Waals surface area contributed by atoms with E-state index in [0.717, 1.165) is 28.5 Å². The van der Waals surface area contributed by atoms with E-state index in [-0.39, 0.29) is 5.25 Å². The van der Waals surface area contributed by atoms with Crippen LogP contribution in [0.4, 0.5) is 13.2 Å². The number of alkyl halides is 3. The van der Waals surface area contributed by atoms with E-state index in [4.69, 9.17) is 21.1 Å². The number of hydrogen-bond donors (Lipinski definition) is 0. The normalized spacial score (nSPS) is 21.0. The molecule has 1 aliphatic rings. The third-order valence-electron chi connectivity index (χ3n) is 4.27. The van der Waals surface area contributed by atoms with Gasteiger partial charge in [-0.3, -0.25) is 0 Å². The van der Waals surface area contributed by atoms with Crippen LogP contribution in [0, 0.1) is 0 Å². The molecule has 7 heteroatoms. The summed E-state index contributed by atoms with van der Waals surface area (Å²) in [6.07, 6.45) is -3.02. The third kappa shape index (κ3) is 6.01. The van der Waals surface area contributed by atoms with Gasteiger partial charge in [-0.1, -0.05) is 41.9 Å². The molecule has 2 aromatic rings. The van der Waals surface area contributed by atoms with Gasteiger partial charge in [0.2, 0.25) is 0 Å². The van der Waals surface area contributed by atoms with Gasteiger partial charge >= 0.3 is 6.18 Å². The van der Waals surface area contributed by atoms with Crippen LogP contribution in [0.25, 0.3) is 6.08 Å². The van der Waals surface area contributed by atoms with Crippen LogP contribution in [0.5, 0.6) is 0 Å². The molecule has 1 heterocycles. The van der Waals surface area contributed by atoms with Crippen molar-refractivity contribution in [2.24, 2.45) is 0 Å². The third-order valence-corrected chi connectivity index (χ3v) is 5.77. The van der Waals surface area contributed by atoms with E-state index in [9.17, 15) is 13.2 Å². The zero-order valence-corrected chi connectivity index (χ0v) is 16.8. The minimum Gasteiger partial charge on any atom is -0.347 e. The van der Waals surface area contributed by atoms with E-state index < -0.39 is 18.0 Å². The first-order valence-electron chi connectivity index (χ1n) is 8.76. The Bertz CT molecular complexity index is 796. The maximum Gasteiger partial charge on any atom is 0.416 e. The maximum absolute atomic E-state index is 12.6. The van der Waals surface area contributed by atoms with Crippen molar-refractivity contribution < 1.29 is 22.6 Å². The van der Waals surface area contributed by atoms with Crippen LogP contribution < -0.4 is 0 Å². The van der Waals surface area contributed by atoms with E-state index in [1.54, 1.807) is 17.8 Å². The van der Waals surface area contributed by atoms with Gasteiger partial charge in [-0.15, -0.1) is 11.8 Å². The van der Waals surface area contributed by atoms with Crippen molar-refractivity contribution in [2.45, 2.75) is 30.4 Å². The van der Waals surface area contributed by atoms with Gasteiger partial charge < -0.3 is 9.47 Å². The summed E-state index contributed by atoms with van der Waals surface area (Å²) in [5, 5.41) is 0.946. The molecule has 28 heavy (non-hydrogen) atoms. The first-order chi connectivity index (χ1) is 13.3. The molecule has 150 valence electrons. The van der Waals surface area contributed by atoms with Crippen LogP contribution in [-0.2, 0) is 21.4 Å². The van der Waals surface area contributed by atoms with E-state index in [2.05, 4.69) is 0 Å². The van der Waals surface area contributed by atoms with Crippen molar-refractivity contribution in [3.05, 3.63) is 75.8 Å². The molecule has 0 atom stereocenters. The average Bonchev–Trinajstić information content (AvgIpc) is 2.67. The number of rotatable bonds is 5. The second-order valence-electron chi connectivity index (χ2n) is 6.57. The zero-order valence-electron chi connectivity index (χ0n) is 15.2. The fourth-order valence-electron chi connectivity index (χ4n) is 2.74. The molecule has 0 saturated carbocycles. The molecule has 0 aliphatic carbocycles. The number of thioether (sulfide) groups is 1. The second kappa shape index (κ2) is 9.35. The van der Waals surface area contributed by atoms with Crippen LogP contribution in [-0.4, -0.2) is 24.8 Å². The zero-order chi connectivity index (χ0) is 20.1. The largest absolute Gasteiger partial charge is 0.416 e. The number of halogens is 4. The average molecular weight is 429 g/mol. The van der Waals surface area contributed by atoms with Gasteiger partial charge in [-0.05, 0) is 47.9 Å². The summed E-state index contributed by atoms with van der Waals surface area (Å²) in [4.78, 5) is 0. The molecule has 2 aromatic carbocycles. The van der Waals surface area contributed by atoms with Crippen molar-refractivity contribution in [3.63, 3.8) is 0 Å². The van der Waals surface area contributed by atoms with Gasteiger partial charge in [0.05, 0.1) is 24.0 Å². The van der Waals surface area contributed by atoms with Gasteiger partial charge in [0.1, 0.15) is 0 Å². The standard InChI is InChI=1S/C21H20ClF3O2S/c1-14(10-15-2-6-17(7-3-15)21(23,24)25)20-26-11-19(12-27-20)28-13-16-4-8-18(22)9-5-16/h2-10,19-20H,11-13H2,1H3/t19-,20-. The van der Waals surface area contributed by atoms with Gasteiger partial charge in [0.25, 0.3) is 0 Å². The smallest absolute Gasteiger partial charge is 0.347 e. The Labute approximate surface area is 171 Å². The second-order valence-corrected chi connectivity index (χ2v) is 8.29. The molecule has 1 aliphatic heterocycles. The lowest BCUT2D eigenvalue weighted by molar-refractivity contribution is -0.152. The SMILES string of the molecule is CC(=Cc1ccc(C(F)(F)F)cc1)[C@H]1OC[C@H](SCc2ccc(Cl)cc2)CO1. The van der Waals surface area contributed by atoms with Crippen LogP contribution in [0.2, 0.25) is 5.02 Å². The lowest BCUT2D eigenvalue weighted by Crippen LogP contribution is -2.34. The number of benzene rings is 2. The number of ether oxygens (including phenoxy) is 2. The summed E-state index contributed by atoms with van der Waals surface area (Å²) in [6.45, 7) is 2.96. The Morgan fingerprint density at radius 3 is 2.25 bits per heavy atom. The molecule has 0 spiro atoms. The first-order valence-corrected chi connectivity index (χ1v) is 10.2. The minimum atomic E-state index is -4.33. The van der Waals surface area contributed by atoms with Gasteiger partial charge in [-0.2, -0.15) is 13.2 Å². The van der Waals surface area contributed by atoms with E-state index >= 15 is 0 Å². The first kappa shape index (κ1) is 21.2. The van der Waals surface area contributed by atoms with Crippen molar-refractivity contribution in [1.82, 2.24) is 0 Å². The molecule has 0 N–H and O–H groups in total. The topological polar surface area (TPSA) is 18.5 Å². The fraction of sp³-hybridized carbons (Fsp3) is 0.333. The molecule has 0 bridgehead atoms. The highest BCUT2D eigenvalue weighted by molar-refractivity contribution is 7.99. The highest BCUT2D eigenvalue weighted by atomic mass is 35.5. The number of hydrogen-bond acceptors (Lipinski definition) is 3. The van der Waals surface area contributed by atoms with E-state index in [0.29, 0.717) is 18.8 Å². The molecule has 1 fully saturated rings. The summed E-state index contributed by atoms with van der Waals surface area (Å²) >= 11 is 7.65. The van der Waals surface area contributed by atoms with Gasteiger partial charge in [0.15, 0.2) is 6.29 Å². The summed E-state index contributed by atoms with van der Waals surface area (Å²) in [5.74, 6) is 0.847. The monoisotopic (exact) mass is 428 g/mol. The van der Waals surface area contributed by atoms with Crippen molar-refractivity contribution in [1.29, 1.82) is 0 Å². The van der Waals surface area contributed by atoms with Crippen molar-refractivity contribution in [3.8, 4) is 0 Å². The van der Waals surface area contributed by atoms with Crippen LogP contribution in [0.3, 0.4) is 0 Å². The predicted molar refractivity (Wildman–Crippen MR) is 107 cm³/mol.